The molecule has 4 atom stereocenters. The Kier molecular flexibility index (Phi) is 16.4. The van der Waals surface area contributed by atoms with Crippen LogP contribution in [0.2, 0.25) is 0 Å². The first-order valence-corrected chi connectivity index (χ1v) is 24.8. The highest BCUT2D eigenvalue weighted by atomic mass is 19.4. The molecule has 5 heterocycles. The molecule has 2 fully saturated rings. The Morgan fingerprint density at radius 1 is 1.06 bits per heavy atom. The number of hydrogen-bond acceptors (Lipinski definition) is 10. The number of hydrazine groups is 1. The van der Waals surface area contributed by atoms with E-state index in [1.165, 1.54) is 16.7 Å². The maximum absolute atomic E-state index is 14.8. The predicted molar refractivity (Wildman–Crippen MR) is 269 cm³/mol. The average molecular weight is 998 g/mol. The van der Waals surface area contributed by atoms with Gasteiger partial charge in [0.25, 0.3) is 11.8 Å². The van der Waals surface area contributed by atoms with Crippen LogP contribution in [0.25, 0.3) is 33.3 Å². The fourth-order valence-corrected chi connectivity index (χ4v) is 9.55. The van der Waals surface area contributed by atoms with E-state index < -0.39 is 53.2 Å². The van der Waals surface area contributed by atoms with E-state index in [9.17, 15) is 32.3 Å². The summed E-state index contributed by atoms with van der Waals surface area (Å²) in [5.74, 6) is 3.83. The molecule has 388 valence electrons. The fourth-order valence-electron chi connectivity index (χ4n) is 9.55. The first kappa shape index (κ1) is 54.1. The highest BCUT2D eigenvalue weighted by Crippen LogP contribution is 2.43. The molecule has 0 aliphatic carbocycles. The summed E-state index contributed by atoms with van der Waals surface area (Å²) in [5, 5.41) is 5.10. The Morgan fingerprint density at radius 3 is 2.47 bits per heavy atom. The van der Waals surface area contributed by atoms with Gasteiger partial charge >= 0.3 is 6.18 Å². The van der Waals surface area contributed by atoms with Gasteiger partial charge in [-0.15, -0.1) is 0 Å². The summed E-state index contributed by atoms with van der Waals surface area (Å²) in [7, 11) is 5.33. The summed E-state index contributed by atoms with van der Waals surface area (Å²) in [6.07, 6.45) is -1.81. The van der Waals surface area contributed by atoms with Gasteiger partial charge in [-0.05, 0) is 118 Å². The maximum atomic E-state index is 14.8. The van der Waals surface area contributed by atoms with Crippen molar-refractivity contribution in [2.45, 2.75) is 116 Å². The Hall–Kier alpha value is -5.64. The number of likely N-dealkylation sites (tertiary alicyclic amines) is 1. The molecule has 7 rings (SSSR count). The molecule has 3 aliphatic rings. The van der Waals surface area contributed by atoms with Crippen LogP contribution >= 0.6 is 0 Å². The first-order chi connectivity index (χ1) is 33.9. The summed E-state index contributed by atoms with van der Waals surface area (Å²) in [6, 6.07) is 15.4. The first-order valence-electron chi connectivity index (χ1n) is 24.8. The van der Waals surface area contributed by atoms with Crippen molar-refractivity contribution in [3.63, 3.8) is 0 Å². The topological polar surface area (TPSA) is 148 Å². The molecule has 3 amide bonds. The van der Waals surface area contributed by atoms with Gasteiger partial charge in [0.05, 0.1) is 54.9 Å². The number of pyridine rings is 1. The van der Waals surface area contributed by atoms with Gasteiger partial charge in [0.2, 0.25) is 5.91 Å². The van der Waals surface area contributed by atoms with E-state index >= 15 is 0 Å². The number of carbonyl (C=O) groups excluding carboxylic acids is 4. The summed E-state index contributed by atoms with van der Waals surface area (Å²) >= 11 is 0. The largest absolute Gasteiger partial charge is 0.406 e. The summed E-state index contributed by atoms with van der Waals surface area (Å²) in [4.78, 5) is 63.3. The molecule has 2 saturated heterocycles. The second kappa shape index (κ2) is 21.8. The molecule has 4 aromatic rings. The Morgan fingerprint density at radius 2 is 1.79 bits per heavy atom. The molecule has 2 aromatic heterocycles. The van der Waals surface area contributed by atoms with Gasteiger partial charge in [-0.25, -0.2) is 5.43 Å². The molecule has 0 spiro atoms. The molecule has 2 N–H and O–H groups in total. The standard InChI is InChI=1S/C55H70F3N7O7/c1-35(2)44(30-72-40-28-63(29-40)47(67)19-21-53(6,7)62(8)9)50(68)60-45-25-37-14-11-15-38(24-37)39-17-18-46-42(26-39)43(27-52(4,5)33-71-34-54(32-66)20-13-23-65(61-54)51(45)69)49(64(46)31-55(56,57)58)41-16-12-22-59-48(41)36(3)70-10/h11-12,14-18,22,24,26,32,35-36,40,44-45,61H,13,20,23,25,27-31,33-34H2,1-10H3,(H,60,68)/t36-,44-,45-,54?/m0/s1. The molecule has 14 nitrogen and oxygen atoms in total. The zero-order valence-electron chi connectivity index (χ0n) is 43.2. The van der Waals surface area contributed by atoms with Crippen LogP contribution in [0.15, 0.2) is 60.8 Å². The second-order valence-corrected chi connectivity index (χ2v) is 21.6. The van der Waals surface area contributed by atoms with Gasteiger partial charge in [-0.1, -0.05) is 63.9 Å². The number of methoxy groups -OCH3 is 1. The lowest BCUT2D eigenvalue weighted by Gasteiger charge is -2.42. The zero-order chi connectivity index (χ0) is 52.3. The molecule has 6 bridgehead atoms. The minimum atomic E-state index is -4.57. The maximum Gasteiger partial charge on any atom is 0.406 e. The summed E-state index contributed by atoms with van der Waals surface area (Å²) in [5.41, 5.74) is 5.44. The Bertz CT molecular complexity index is 2700. The van der Waals surface area contributed by atoms with Crippen molar-refractivity contribution in [3.8, 4) is 34.2 Å². The highest BCUT2D eigenvalue weighted by molar-refractivity contribution is 5.96. The van der Waals surface area contributed by atoms with Crippen LogP contribution in [-0.2, 0) is 52.8 Å². The molecule has 2 aromatic carbocycles. The lowest BCUT2D eigenvalue weighted by molar-refractivity contribution is -0.149. The number of benzene rings is 2. The number of hydrogen-bond donors (Lipinski definition) is 2. The average Bonchev–Trinajstić information content (AvgIpc) is 3.59. The number of rotatable bonds is 12. The van der Waals surface area contributed by atoms with Gasteiger partial charge in [0, 0.05) is 55.8 Å². The predicted octanol–water partition coefficient (Wildman–Crippen LogP) is 7.17. The number of aldehydes is 1. The van der Waals surface area contributed by atoms with E-state index in [2.05, 4.69) is 27.6 Å². The normalized spacial score (nSPS) is 20.9. The third-order valence-corrected chi connectivity index (χ3v) is 14.4. The molecular weight excluding hydrogens is 928 g/mol. The van der Waals surface area contributed by atoms with E-state index in [4.69, 9.17) is 14.2 Å². The minimum Gasteiger partial charge on any atom is -0.378 e. The number of halogens is 3. The molecular formula is C55H70F3N7O7. The number of carbonyl (C=O) groups is 4. The summed E-state index contributed by atoms with van der Waals surface area (Å²) in [6.45, 7) is 13.2. The van der Waals surface area contributed by atoms with Crippen molar-refractivity contribution >= 4 is 34.9 Å². The van der Waals surface area contributed by atoms with Gasteiger partial charge < -0.3 is 33.8 Å². The molecule has 72 heavy (non-hydrogen) atoms. The number of nitrogens with zero attached hydrogens (tertiary/aromatic N) is 5. The van der Waals surface area contributed by atoms with Crippen molar-refractivity contribution < 1.29 is 46.6 Å². The van der Waals surface area contributed by atoms with Crippen LogP contribution in [0.5, 0.6) is 0 Å². The monoisotopic (exact) mass is 998 g/mol. The zero-order valence-corrected chi connectivity index (χ0v) is 43.2. The number of amides is 3. The molecule has 1 unspecified atom stereocenters. The third-order valence-electron chi connectivity index (χ3n) is 14.4. The van der Waals surface area contributed by atoms with E-state index in [1.807, 2.05) is 97.8 Å². The van der Waals surface area contributed by atoms with Crippen molar-refractivity contribution in [1.29, 1.82) is 0 Å². The van der Waals surface area contributed by atoms with Gasteiger partial charge in [-0.2, -0.15) is 13.2 Å². The fraction of sp³-hybridized carbons (Fsp3) is 0.545. The number of ether oxygens (including phenoxy) is 3. The smallest absolute Gasteiger partial charge is 0.378 e. The Labute approximate surface area is 421 Å². The van der Waals surface area contributed by atoms with Crippen molar-refractivity contribution in [2.75, 3.05) is 60.7 Å². The molecule has 0 saturated carbocycles. The van der Waals surface area contributed by atoms with Crippen LogP contribution in [0.4, 0.5) is 13.2 Å². The van der Waals surface area contributed by atoms with Crippen LogP contribution in [0.1, 0.15) is 84.2 Å². The van der Waals surface area contributed by atoms with E-state index in [1.54, 1.807) is 35.4 Å². The van der Waals surface area contributed by atoms with Gasteiger partial charge in [-0.3, -0.25) is 29.3 Å². The van der Waals surface area contributed by atoms with Crippen molar-refractivity contribution in [2.24, 2.45) is 17.3 Å². The van der Waals surface area contributed by atoms with E-state index in [0.29, 0.717) is 71.3 Å². The molecule has 0 radical (unpaired) electrons. The quantitative estimate of drug-likeness (QED) is 0.111. The SMILES string of the molecule is CO[C@@H](C)c1ncccc1-c1c2c3cc(ccc3n1CC(F)(F)F)-c1cccc(c1)C[C@H](NC(=O)[C@@H](COC1CN(C(=O)C#CC(C)(C)N(C)C)C1)C(C)C)C(=O)N1CCCC(C=O)(COCC(C)(C)C2)N1. The van der Waals surface area contributed by atoms with Crippen LogP contribution < -0.4 is 10.7 Å². The highest BCUT2D eigenvalue weighted by Gasteiger charge is 2.42. The van der Waals surface area contributed by atoms with Crippen molar-refractivity contribution in [1.82, 2.24) is 35.1 Å². The van der Waals surface area contributed by atoms with E-state index in [0.717, 1.165) is 17.4 Å². The van der Waals surface area contributed by atoms with Gasteiger partial charge in [0.15, 0.2) is 0 Å². The Balaban J connectivity index is 1.24. The van der Waals surface area contributed by atoms with Crippen LogP contribution in [0, 0.1) is 29.1 Å². The van der Waals surface area contributed by atoms with Crippen LogP contribution in [-0.4, -0.2) is 138 Å². The lowest BCUT2D eigenvalue weighted by atomic mass is 9.84. The summed E-state index contributed by atoms with van der Waals surface area (Å²) < 4.78 is 63.8. The van der Waals surface area contributed by atoms with Crippen LogP contribution in [0.3, 0.4) is 0 Å². The number of nitrogens with one attached hydrogen (secondary N) is 2. The van der Waals surface area contributed by atoms with E-state index in [-0.39, 0.29) is 56.6 Å². The molecule has 3 aliphatic heterocycles. The third kappa shape index (κ3) is 12.4. The minimum absolute atomic E-state index is 0.0558. The lowest BCUT2D eigenvalue weighted by Crippen LogP contribution is -2.66. The number of fused-ring (bicyclic) bond motifs is 6. The number of aromatic nitrogens is 2. The second-order valence-electron chi connectivity index (χ2n) is 21.6. The van der Waals surface area contributed by atoms with Crippen molar-refractivity contribution in [3.05, 3.63) is 77.6 Å². The molecule has 17 heteroatoms. The number of alkyl halides is 3. The van der Waals surface area contributed by atoms with Gasteiger partial charge in [0.1, 0.15) is 24.4 Å².